The average Bonchev–Trinajstić information content (AvgIpc) is 3.11. The van der Waals surface area contributed by atoms with Gasteiger partial charge in [0.15, 0.2) is 0 Å². The molecule has 2 heterocycles. The molecule has 29 heavy (non-hydrogen) atoms. The summed E-state index contributed by atoms with van der Waals surface area (Å²) in [7, 11) is 0. The minimum atomic E-state index is -2.83. The summed E-state index contributed by atoms with van der Waals surface area (Å²) in [5, 5.41) is 7.38. The predicted octanol–water partition coefficient (Wildman–Crippen LogP) is 4.31. The Morgan fingerprint density at radius 3 is 2.59 bits per heavy atom. The van der Waals surface area contributed by atoms with Crippen LogP contribution in [0.25, 0.3) is 0 Å². The highest BCUT2D eigenvalue weighted by atomic mass is 19.3. The number of nitrogens with zero attached hydrogens (tertiary/aromatic N) is 3. The summed E-state index contributed by atoms with van der Waals surface area (Å²) < 4.78 is 31.7. The summed E-state index contributed by atoms with van der Waals surface area (Å²) in [6, 6.07) is 8.91. The molecule has 0 bridgehead atoms. The van der Waals surface area contributed by atoms with Gasteiger partial charge in [-0.3, -0.25) is 9.69 Å². The van der Waals surface area contributed by atoms with E-state index in [1.54, 1.807) is 18.3 Å². The third-order valence-corrected chi connectivity index (χ3v) is 5.08. The maximum absolute atomic E-state index is 12.6. The number of nitrogens with one attached hydrogen (secondary N) is 1. The van der Waals surface area contributed by atoms with Crippen LogP contribution in [-0.2, 0) is 11.3 Å². The van der Waals surface area contributed by atoms with E-state index in [0.717, 1.165) is 31.5 Å². The van der Waals surface area contributed by atoms with E-state index < -0.39 is 12.0 Å². The van der Waals surface area contributed by atoms with E-state index in [0.29, 0.717) is 12.4 Å². The zero-order valence-electron chi connectivity index (χ0n) is 17.1. The van der Waals surface area contributed by atoms with Gasteiger partial charge >= 0.3 is 6.61 Å². The zero-order chi connectivity index (χ0) is 21.0. The summed E-state index contributed by atoms with van der Waals surface area (Å²) in [6.45, 7) is 4.96. The largest absolute Gasteiger partial charge is 0.434 e. The molecule has 3 rings (SSSR count). The Morgan fingerprint density at radius 2 is 1.93 bits per heavy atom. The van der Waals surface area contributed by atoms with Crippen molar-refractivity contribution in [2.45, 2.75) is 52.8 Å². The number of benzene rings is 1. The van der Waals surface area contributed by atoms with Gasteiger partial charge in [-0.15, -0.1) is 0 Å². The van der Waals surface area contributed by atoms with Gasteiger partial charge < -0.3 is 10.1 Å². The zero-order valence-corrected chi connectivity index (χ0v) is 17.1. The number of anilines is 1. The highest BCUT2D eigenvalue weighted by molar-refractivity contribution is 5.93. The molecule has 1 N–H and O–H groups in total. The van der Waals surface area contributed by atoms with Crippen molar-refractivity contribution in [3.8, 4) is 5.75 Å². The Bertz CT molecular complexity index is 824. The molecular formula is C21H28F2N4O2. The SMILES string of the molecule is CC(C)(C)C(=O)Nc1ccnn1C1CCN(Cc2ccccc2OC(F)F)CC1. The van der Waals surface area contributed by atoms with E-state index in [1.807, 2.05) is 43.7 Å². The van der Waals surface area contributed by atoms with Crippen LogP contribution in [0.3, 0.4) is 0 Å². The number of aromatic nitrogens is 2. The molecule has 8 heteroatoms. The standard InChI is InChI=1S/C21H28F2N4O2/c1-21(2,3)19(28)25-18-8-11-24-27(18)16-9-12-26(13-10-16)14-15-6-4-5-7-17(15)29-20(22)23/h4-8,11,16,20H,9-10,12-14H2,1-3H3,(H,25,28). The third kappa shape index (κ3) is 5.53. The van der Waals surface area contributed by atoms with Gasteiger partial charge in [0.1, 0.15) is 11.6 Å². The van der Waals surface area contributed by atoms with E-state index >= 15 is 0 Å². The number of hydrogen-bond acceptors (Lipinski definition) is 4. The molecule has 0 spiro atoms. The van der Waals surface area contributed by atoms with Crippen LogP contribution >= 0.6 is 0 Å². The Balaban J connectivity index is 1.60. The van der Waals surface area contributed by atoms with Crippen molar-refractivity contribution in [1.82, 2.24) is 14.7 Å². The summed E-state index contributed by atoms with van der Waals surface area (Å²) in [4.78, 5) is 14.5. The molecule has 1 fully saturated rings. The highest BCUT2D eigenvalue weighted by Gasteiger charge is 2.26. The molecule has 0 saturated carbocycles. The molecule has 0 unspecified atom stereocenters. The fraction of sp³-hybridized carbons (Fsp3) is 0.524. The number of likely N-dealkylation sites (tertiary alicyclic amines) is 1. The van der Waals surface area contributed by atoms with Gasteiger partial charge in [-0.1, -0.05) is 39.0 Å². The van der Waals surface area contributed by atoms with Gasteiger partial charge in [-0.05, 0) is 18.9 Å². The molecule has 1 aromatic carbocycles. The molecule has 2 aromatic rings. The van der Waals surface area contributed by atoms with Crippen molar-refractivity contribution in [3.05, 3.63) is 42.1 Å². The van der Waals surface area contributed by atoms with Gasteiger partial charge in [0.2, 0.25) is 5.91 Å². The van der Waals surface area contributed by atoms with E-state index in [1.165, 1.54) is 0 Å². The van der Waals surface area contributed by atoms with Gasteiger partial charge in [-0.25, -0.2) is 4.68 Å². The van der Waals surface area contributed by atoms with E-state index in [9.17, 15) is 13.6 Å². The van der Waals surface area contributed by atoms with Crippen molar-refractivity contribution in [1.29, 1.82) is 0 Å². The lowest BCUT2D eigenvalue weighted by molar-refractivity contribution is -0.123. The van der Waals surface area contributed by atoms with Gasteiger partial charge in [0.25, 0.3) is 0 Å². The van der Waals surface area contributed by atoms with Crippen molar-refractivity contribution in [2.24, 2.45) is 5.41 Å². The second-order valence-corrected chi connectivity index (χ2v) is 8.36. The molecule has 0 aliphatic carbocycles. The number of halogens is 2. The van der Waals surface area contributed by atoms with Gasteiger partial charge in [-0.2, -0.15) is 13.9 Å². The topological polar surface area (TPSA) is 59.4 Å². The first-order chi connectivity index (χ1) is 13.7. The number of ether oxygens (including phenoxy) is 1. The molecular weight excluding hydrogens is 378 g/mol. The first-order valence-electron chi connectivity index (χ1n) is 9.84. The smallest absolute Gasteiger partial charge is 0.387 e. The van der Waals surface area contributed by atoms with Crippen LogP contribution in [0.5, 0.6) is 5.75 Å². The highest BCUT2D eigenvalue weighted by Crippen LogP contribution is 2.29. The average molecular weight is 406 g/mol. The van der Waals surface area contributed by atoms with Crippen molar-refractivity contribution >= 4 is 11.7 Å². The lowest BCUT2D eigenvalue weighted by Gasteiger charge is -2.33. The van der Waals surface area contributed by atoms with Crippen LogP contribution < -0.4 is 10.1 Å². The van der Waals surface area contributed by atoms with E-state index in [2.05, 4.69) is 20.1 Å². The first-order valence-corrected chi connectivity index (χ1v) is 9.84. The number of piperidine rings is 1. The normalized spacial score (nSPS) is 16.2. The van der Waals surface area contributed by atoms with Crippen LogP contribution in [0.4, 0.5) is 14.6 Å². The number of carbonyl (C=O) groups excluding carboxylic acids is 1. The molecule has 158 valence electrons. The van der Waals surface area contributed by atoms with Crippen molar-refractivity contribution in [3.63, 3.8) is 0 Å². The number of hydrogen-bond donors (Lipinski definition) is 1. The fourth-order valence-corrected chi connectivity index (χ4v) is 3.42. The second kappa shape index (κ2) is 8.90. The quantitative estimate of drug-likeness (QED) is 0.777. The Labute approximate surface area is 169 Å². The third-order valence-electron chi connectivity index (χ3n) is 5.08. The monoisotopic (exact) mass is 406 g/mol. The Kier molecular flexibility index (Phi) is 6.52. The number of amides is 1. The lowest BCUT2D eigenvalue weighted by Crippen LogP contribution is -2.35. The number of carbonyl (C=O) groups is 1. The van der Waals surface area contributed by atoms with E-state index in [-0.39, 0.29) is 17.7 Å². The predicted molar refractivity (Wildman–Crippen MR) is 107 cm³/mol. The molecule has 0 atom stereocenters. The number of rotatable bonds is 6. The fourth-order valence-electron chi connectivity index (χ4n) is 3.42. The maximum atomic E-state index is 12.6. The molecule has 0 radical (unpaired) electrons. The molecule has 1 saturated heterocycles. The van der Waals surface area contributed by atoms with Crippen LogP contribution in [-0.4, -0.2) is 40.3 Å². The minimum absolute atomic E-state index is 0.0488. The first kappa shape index (κ1) is 21.2. The van der Waals surface area contributed by atoms with Crippen molar-refractivity contribution < 1.29 is 18.3 Å². The Morgan fingerprint density at radius 1 is 1.24 bits per heavy atom. The summed E-state index contributed by atoms with van der Waals surface area (Å²) in [6.07, 6.45) is 3.42. The molecule has 1 aliphatic heterocycles. The summed E-state index contributed by atoms with van der Waals surface area (Å²) >= 11 is 0. The van der Waals surface area contributed by atoms with Crippen molar-refractivity contribution in [2.75, 3.05) is 18.4 Å². The molecule has 1 aromatic heterocycles. The van der Waals surface area contributed by atoms with Crippen LogP contribution in [0, 0.1) is 5.41 Å². The summed E-state index contributed by atoms with van der Waals surface area (Å²) in [5.41, 5.74) is 0.273. The van der Waals surface area contributed by atoms with Crippen LogP contribution in [0.1, 0.15) is 45.2 Å². The number of para-hydroxylation sites is 1. The lowest BCUT2D eigenvalue weighted by atomic mass is 9.96. The van der Waals surface area contributed by atoms with Crippen LogP contribution in [0.15, 0.2) is 36.5 Å². The van der Waals surface area contributed by atoms with Gasteiger partial charge in [0.05, 0.1) is 12.2 Å². The summed E-state index contributed by atoms with van der Waals surface area (Å²) in [5.74, 6) is 0.884. The van der Waals surface area contributed by atoms with Gasteiger partial charge in [0, 0.05) is 36.7 Å². The molecule has 6 nitrogen and oxygen atoms in total. The molecule has 1 aliphatic rings. The maximum Gasteiger partial charge on any atom is 0.387 e. The second-order valence-electron chi connectivity index (χ2n) is 8.36. The Hall–Kier alpha value is -2.48. The van der Waals surface area contributed by atoms with E-state index in [4.69, 9.17) is 0 Å². The minimum Gasteiger partial charge on any atom is -0.434 e. The number of alkyl halides is 2. The van der Waals surface area contributed by atoms with Crippen LogP contribution in [0.2, 0.25) is 0 Å². The molecule has 1 amide bonds.